The summed E-state index contributed by atoms with van der Waals surface area (Å²) in [4.78, 5) is 28.0. The van der Waals surface area contributed by atoms with Gasteiger partial charge in [-0.3, -0.25) is 4.79 Å². The first-order valence-corrected chi connectivity index (χ1v) is 10.4. The number of amides is 3. The molecule has 0 aliphatic carbocycles. The normalized spacial score (nSPS) is 19.7. The van der Waals surface area contributed by atoms with Gasteiger partial charge in [0, 0.05) is 51.0 Å². The van der Waals surface area contributed by atoms with Gasteiger partial charge in [0.15, 0.2) is 0 Å². The molecule has 0 radical (unpaired) electrons. The van der Waals surface area contributed by atoms with Gasteiger partial charge < -0.3 is 15.1 Å². The molecule has 0 aromatic heterocycles. The van der Waals surface area contributed by atoms with Gasteiger partial charge in [0.05, 0.1) is 6.04 Å². The van der Waals surface area contributed by atoms with Gasteiger partial charge in [-0.05, 0) is 11.5 Å². The van der Waals surface area contributed by atoms with Crippen LogP contribution >= 0.6 is 11.8 Å². The molecule has 1 N–H and O–H groups in total. The van der Waals surface area contributed by atoms with Crippen molar-refractivity contribution < 1.29 is 9.59 Å². The maximum absolute atomic E-state index is 12.6. The lowest BCUT2D eigenvalue weighted by Gasteiger charge is -2.24. The minimum atomic E-state index is -0.0895. The quantitative estimate of drug-likeness (QED) is 0.743. The number of likely N-dealkylation sites (tertiary alicyclic amines) is 1. The summed E-state index contributed by atoms with van der Waals surface area (Å²) in [7, 11) is 3.48. The highest BCUT2D eigenvalue weighted by Gasteiger charge is 2.37. The Labute approximate surface area is 161 Å². The van der Waals surface area contributed by atoms with Gasteiger partial charge in [-0.1, -0.05) is 44.2 Å². The van der Waals surface area contributed by atoms with E-state index >= 15 is 0 Å². The Morgan fingerprint density at radius 1 is 1.23 bits per heavy atom. The molecule has 1 aliphatic heterocycles. The molecule has 1 fully saturated rings. The zero-order valence-electron chi connectivity index (χ0n) is 16.3. The van der Waals surface area contributed by atoms with Crippen molar-refractivity contribution in [3.05, 3.63) is 35.9 Å². The van der Waals surface area contributed by atoms with E-state index < -0.39 is 0 Å². The van der Waals surface area contributed by atoms with Crippen LogP contribution in [0.25, 0.3) is 0 Å². The predicted octanol–water partition coefficient (Wildman–Crippen LogP) is 3.06. The summed E-state index contributed by atoms with van der Waals surface area (Å²) in [5.41, 5.74) is 1.29. The molecule has 1 aromatic carbocycles. The predicted molar refractivity (Wildman–Crippen MR) is 108 cm³/mol. The van der Waals surface area contributed by atoms with Crippen LogP contribution in [-0.4, -0.2) is 60.7 Å². The van der Waals surface area contributed by atoms with Crippen molar-refractivity contribution >= 4 is 23.7 Å². The van der Waals surface area contributed by atoms with Crippen LogP contribution in [0.5, 0.6) is 0 Å². The monoisotopic (exact) mass is 377 g/mol. The number of hydrogen-bond donors (Lipinski definition) is 1. The van der Waals surface area contributed by atoms with Crippen LogP contribution in [0.1, 0.15) is 25.8 Å². The Hall–Kier alpha value is -1.69. The van der Waals surface area contributed by atoms with Crippen LogP contribution in [0.15, 0.2) is 30.3 Å². The fourth-order valence-corrected chi connectivity index (χ4v) is 4.12. The average Bonchev–Trinajstić information content (AvgIpc) is 3.03. The number of carbonyl (C=O) groups excluding carboxylic acids is 2. The summed E-state index contributed by atoms with van der Waals surface area (Å²) in [6.07, 6.45) is 0.552. The summed E-state index contributed by atoms with van der Waals surface area (Å²) >= 11 is 1.79. The lowest BCUT2D eigenvalue weighted by molar-refractivity contribution is -0.129. The molecule has 0 bridgehead atoms. The van der Waals surface area contributed by atoms with Gasteiger partial charge in [0.1, 0.15) is 0 Å². The van der Waals surface area contributed by atoms with E-state index in [1.807, 2.05) is 23.1 Å². The molecule has 1 heterocycles. The molecular formula is C20H31N3O2S. The minimum Gasteiger partial charge on any atom is -0.340 e. The third-order valence-electron chi connectivity index (χ3n) is 4.86. The highest BCUT2D eigenvalue weighted by atomic mass is 32.2. The van der Waals surface area contributed by atoms with Crippen LogP contribution in [-0.2, 0) is 10.5 Å². The second-order valence-corrected chi connectivity index (χ2v) is 8.55. The molecule has 2 atom stereocenters. The van der Waals surface area contributed by atoms with Gasteiger partial charge >= 0.3 is 6.03 Å². The summed E-state index contributed by atoms with van der Waals surface area (Å²) in [6, 6.07) is 10.3. The number of rotatable bonds is 7. The molecule has 2 unspecified atom stereocenters. The van der Waals surface area contributed by atoms with Crippen LogP contribution in [0.2, 0.25) is 0 Å². The largest absolute Gasteiger partial charge is 0.340 e. The first kappa shape index (κ1) is 20.6. The van der Waals surface area contributed by atoms with Gasteiger partial charge in [-0.15, -0.1) is 0 Å². The van der Waals surface area contributed by atoms with E-state index in [2.05, 4.69) is 31.3 Å². The lowest BCUT2D eigenvalue weighted by atomic mass is 9.91. The summed E-state index contributed by atoms with van der Waals surface area (Å²) in [5, 5.41) is 3.07. The average molecular weight is 378 g/mol. The Balaban J connectivity index is 1.80. The number of hydrogen-bond acceptors (Lipinski definition) is 3. The Morgan fingerprint density at radius 2 is 1.92 bits per heavy atom. The van der Waals surface area contributed by atoms with Gasteiger partial charge in [0.2, 0.25) is 5.91 Å². The van der Waals surface area contributed by atoms with E-state index in [0.29, 0.717) is 24.8 Å². The topological polar surface area (TPSA) is 52.7 Å². The van der Waals surface area contributed by atoms with Crippen molar-refractivity contribution in [2.75, 3.05) is 32.9 Å². The smallest absolute Gasteiger partial charge is 0.317 e. The fourth-order valence-electron chi connectivity index (χ4n) is 3.23. The zero-order valence-corrected chi connectivity index (χ0v) is 17.1. The van der Waals surface area contributed by atoms with E-state index in [1.165, 1.54) is 5.56 Å². The lowest BCUT2D eigenvalue weighted by Crippen LogP contribution is -2.46. The van der Waals surface area contributed by atoms with E-state index in [1.54, 1.807) is 30.8 Å². The Bertz CT molecular complexity index is 592. The van der Waals surface area contributed by atoms with Gasteiger partial charge in [-0.2, -0.15) is 11.8 Å². The Kier molecular flexibility index (Phi) is 7.82. The molecule has 3 amide bonds. The highest BCUT2D eigenvalue weighted by Crippen LogP contribution is 2.25. The molecular weight excluding hydrogens is 346 g/mol. The second kappa shape index (κ2) is 9.86. The molecule has 1 aromatic rings. The molecule has 5 nitrogen and oxygen atoms in total. The molecule has 2 rings (SSSR count). The second-order valence-electron chi connectivity index (χ2n) is 7.45. The number of urea groups is 1. The SMILES string of the molecule is CC(C)C1CN(C(=O)CCSCc2ccccc2)CC1NC(=O)N(C)C. The summed E-state index contributed by atoms with van der Waals surface area (Å²) in [6.45, 7) is 5.66. The first-order chi connectivity index (χ1) is 12.4. The summed E-state index contributed by atoms with van der Waals surface area (Å²) in [5.74, 6) is 2.68. The van der Waals surface area contributed by atoms with E-state index in [-0.39, 0.29) is 18.0 Å². The number of nitrogens with zero attached hydrogens (tertiary/aromatic N) is 2. The first-order valence-electron chi connectivity index (χ1n) is 9.25. The standard InChI is InChI=1S/C20H31N3O2S/c1-15(2)17-12-23(13-18(17)21-20(25)22(3)4)19(24)10-11-26-14-16-8-6-5-7-9-16/h5-9,15,17-18H,10-14H2,1-4H3,(H,21,25). The zero-order chi connectivity index (χ0) is 19.1. The van der Waals surface area contributed by atoms with Crippen LogP contribution < -0.4 is 5.32 Å². The van der Waals surface area contributed by atoms with Crippen molar-refractivity contribution in [3.8, 4) is 0 Å². The fraction of sp³-hybridized carbons (Fsp3) is 0.600. The number of nitrogens with one attached hydrogen (secondary N) is 1. The van der Waals surface area contributed by atoms with Crippen molar-refractivity contribution in [1.29, 1.82) is 0 Å². The molecule has 1 aliphatic rings. The van der Waals surface area contributed by atoms with Crippen molar-refractivity contribution in [2.45, 2.75) is 32.1 Å². The highest BCUT2D eigenvalue weighted by molar-refractivity contribution is 7.98. The molecule has 26 heavy (non-hydrogen) atoms. The summed E-state index contributed by atoms with van der Waals surface area (Å²) < 4.78 is 0. The van der Waals surface area contributed by atoms with E-state index in [9.17, 15) is 9.59 Å². The maximum Gasteiger partial charge on any atom is 0.317 e. The molecule has 6 heteroatoms. The number of thioether (sulfide) groups is 1. The third kappa shape index (κ3) is 5.94. The van der Waals surface area contributed by atoms with E-state index in [4.69, 9.17) is 0 Å². The third-order valence-corrected chi connectivity index (χ3v) is 5.89. The van der Waals surface area contributed by atoms with Crippen LogP contribution in [0, 0.1) is 11.8 Å². The van der Waals surface area contributed by atoms with E-state index in [0.717, 1.165) is 18.1 Å². The molecule has 1 saturated heterocycles. The van der Waals surface area contributed by atoms with Crippen molar-refractivity contribution in [1.82, 2.24) is 15.1 Å². The minimum absolute atomic E-state index is 0.0332. The number of benzene rings is 1. The number of carbonyl (C=O) groups is 2. The van der Waals surface area contributed by atoms with Crippen LogP contribution in [0.4, 0.5) is 4.79 Å². The van der Waals surface area contributed by atoms with Gasteiger partial charge in [0.25, 0.3) is 0 Å². The van der Waals surface area contributed by atoms with Gasteiger partial charge in [-0.25, -0.2) is 4.79 Å². The van der Waals surface area contributed by atoms with Crippen molar-refractivity contribution in [3.63, 3.8) is 0 Å². The molecule has 0 spiro atoms. The maximum atomic E-state index is 12.6. The molecule has 0 saturated carbocycles. The Morgan fingerprint density at radius 3 is 2.54 bits per heavy atom. The molecule has 144 valence electrons. The van der Waals surface area contributed by atoms with Crippen molar-refractivity contribution in [2.24, 2.45) is 11.8 Å². The van der Waals surface area contributed by atoms with Crippen LogP contribution in [0.3, 0.4) is 0 Å².